The van der Waals surface area contributed by atoms with Gasteiger partial charge in [-0.1, -0.05) is 51.9 Å². The molecule has 0 aliphatic heterocycles. The number of rotatable bonds is 9. The first-order valence-corrected chi connectivity index (χ1v) is 9.90. The fraction of sp³-hybridized carbons (Fsp3) is 0.500. The van der Waals surface area contributed by atoms with Crippen LogP contribution in [-0.4, -0.2) is 22.6 Å². The van der Waals surface area contributed by atoms with Crippen LogP contribution >= 0.6 is 0 Å². The zero-order chi connectivity index (χ0) is 20.7. The van der Waals surface area contributed by atoms with Crippen molar-refractivity contribution in [3.8, 4) is 0 Å². The smallest absolute Gasteiger partial charge is 0.253 e. The van der Waals surface area contributed by atoms with Gasteiger partial charge in [0.2, 0.25) is 5.89 Å². The van der Waals surface area contributed by atoms with E-state index >= 15 is 0 Å². The molecule has 2 rings (SSSR count). The van der Waals surface area contributed by atoms with Crippen molar-refractivity contribution < 1.29 is 9.32 Å². The summed E-state index contributed by atoms with van der Waals surface area (Å²) >= 11 is 0. The van der Waals surface area contributed by atoms with Gasteiger partial charge in [0.25, 0.3) is 5.91 Å². The second-order valence-corrected chi connectivity index (χ2v) is 8.09. The molecule has 1 aromatic carbocycles. The van der Waals surface area contributed by atoms with Crippen LogP contribution in [0.3, 0.4) is 0 Å². The Bertz CT molecular complexity index is 805. The number of carbonyl (C=O) groups excluding carboxylic acids is 1. The van der Waals surface area contributed by atoms with Crippen LogP contribution in [0, 0.1) is 0 Å². The van der Waals surface area contributed by atoms with Crippen LogP contribution in [0.5, 0.6) is 0 Å². The highest BCUT2D eigenvalue weighted by Gasteiger charge is 2.21. The van der Waals surface area contributed by atoms with E-state index in [-0.39, 0.29) is 11.3 Å². The summed E-state index contributed by atoms with van der Waals surface area (Å²) in [6, 6.07) is 7.42. The van der Waals surface area contributed by atoms with Crippen molar-refractivity contribution in [1.29, 1.82) is 0 Å². The van der Waals surface area contributed by atoms with E-state index in [9.17, 15) is 4.79 Å². The number of benzene rings is 1. The number of aryl methyl sites for hydroxylation is 1. The van der Waals surface area contributed by atoms with Gasteiger partial charge in [-0.05, 0) is 37.5 Å². The number of anilines is 2. The van der Waals surface area contributed by atoms with Crippen LogP contribution in [0.15, 0.2) is 40.9 Å². The summed E-state index contributed by atoms with van der Waals surface area (Å²) in [5.74, 6) is 1.37. The van der Waals surface area contributed by atoms with E-state index in [1.807, 2.05) is 31.2 Å². The Morgan fingerprint density at radius 2 is 2.00 bits per heavy atom. The van der Waals surface area contributed by atoms with Crippen molar-refractivity contribution >= 4 is 17.3 Å². The van der Waals surface area contributed by atoms with Gasteiger partial charge in [-0.25, -0.2) is 0 Å². The maximum atomic E-state index is 12.7. The number of nitrogens with zero attached hydrogens (tertiary/aromatic N) is 3. The average molecular weight is 385 g/mol. The molecule has 0 aliphatic carbocycles. The highest BCUT2D eigenvalue weighted by molar-refractivity contribution is 6.05. The molecule has 2 N–H and O–H groups in total. The largest absolute Gasteiger partial charge is 0.399 e. The minimum atomic E-state index is -0.134. The predicted octanol–water partition coefficient (Wildman–Crippen LogP) is 4.66. The lowest BCUT2D eigenvalue weighted by atomic mass is 9.97. The average Bonchev–Trinajstić information content (AvgIpc) is 3.13. The second-order valence-electron chi connectivity index (χ2n) is 8.09. The van der Waals surface area contributed by atoms with E-state index in [2.05, 4.69) is 37.5 Å². The van der Waals surface area contributed by atoms with E-state index in [1.54, 1.807) is 4.90 Å². The first kappa shape index (κ1) is 21.7. The molecule has 6 heteroatoms. The van der Waals surface area contributed by atoms with E-state index in [0.717, 1.165) is 37.2 Å². The molecule has 0 atom stereocenters. The molecule has 0 radical (unpaired) electrons. The summed E-state index contributed by atoms with van der Waals surface area (Å²) in [6.45, 7) is 12.6. The Labute approximate surface area is 167 Å². The second kappa shape index (κ2) is 9.53. The lowest BCUT2D eigenvalue weighted by molar-refractivity contribution is -0.115. The number of amides is 1. The number of carbonyl (C=O) groups is 1. The number of hydrogen-bond acceptors (Lipinski definition) is 5. The molecule has 0 bridgehead atoms. The van der Waals surface area contributed by atoms with Crippen LogP contribution in [0.1, 0.15) is 65.1 Å². The molecule has 1 heterocycles. The van der Waals surface area contributed by atoms with Crippen LogP contribution in [0.2, 0.25) is 0 Å². The van der Waals surface area contributed by atoms with Crippen LogP contribution in [-0.2, 0) is 16.6 Å². The van der Waals surface area contributed by atoms with E-state index in [1.165, 1.54) is 0 Å². The van der Waals surface area contributed by atoms with E-state index in [4.69, 9.17) is 10.3 Å². The van der Waals surface area contributed by atoms with E-state index < -0.39 is 0 Å². The molecule has 2 aromatic rings. The predicted molar refractivity (Wildman–Crippen MR) is 113 cm³/mol. The fourth-order valence-electron chi connectivity index (χ4n) is 2.77. The Balaban J connectivity index is 1.90. The monoisotopic (exact) mass is 384 g/mol. The van der Waals surface area contributed by atoms with Crippen LogP contribution < -0.4 is 10.6 Å². The summed E-state index contributed by atoms with van der Waals surface area (Å²) in [6.07, 6.45) is 4.18. The van der Waals surface area contributed by atoms with Crippen molar-refractivity contribution in [2.24, 2.45) is 0 Å². The van der Waals surface area contributed by atoms with Gasteiger partial charge < -0.3 is 15.2 Å². The lowest BCUT2D eigenvalue weighted by Gasteiger charge is -2.24. The number of nitrogen functional groups attached to an aromatic ring is 1. The SMILES string of the molecule is C=C(CC)C(=O)N(CCCCCc1noc(C(C)(C)C)n1)c1cccc(N)c1. The molecule has 1 aromatic heterocycles. The van der Waals surface area contributed by atoms with Gasteiger partial charge in [-0.3, -0.25) is 4.79 Å². The molecule has 1 amide bonds. The van der Waals surface area contributed by atoms with Gasteiger partial charge >= 0.3 is 0 Å². The molecular weight excluding hydrogens is 352 g/mol. The zero-order valence-electron chi connectivity index (χ0n) is 17.5. The number of unbranched alkanes of at least 4 members (excludes halogenated alkanes) is 2. The zero-order valence-corrected chi connectivity index (χ0v) is 17.5. The van der Waals surface area contributed by atoms with Gasteiger partial charge in [-0.15, -0.1) is 0 Å². The molecule has 152 valence electrons. The molecule has 0 saturated carbocycles. The molecule has 0 spiro atoms. The third-order valence-electron chi connectivity index (χ3n) is 4.55. The van der Waals surface area contributed by atoms with Crippen LogP contribution in [0.4, 0.5) is 11.4 Å². The minimum absolute atomic E-state index is 0.0407. The molecule has 28 heavy (non-hydrogen) atoms. The van der Waals surface area contributed by atoms with Crippen molar-refractivity contribution in [1.82, 2.24) is 10.1 Å². The number of nitrogens with two attached hydrogens (primary N) is 1. The first-order chi connectivity index (χ1) is 13.2. The molecule has 6 nitrogen and oxygen atoms in total. The summed E-state index contributed by atoms with van der Waals surface area (Å²) in [4.78, 5) is 19.0. The van der Waals surface area contributed by atoms with Crippen molar-refractivity contribution in [3.63, 3.8) is 0 Å². The van der Waals surface area contributed by atoms with Crippen molar-refractivity contribution in [2.75, 3.05) is 17.2 Å². The molecule has 0 saturated heterocycles. The van der Waals surface area contributed by atoms with Crippen molar-refractivity contribution in [3.05, 3.63) is 48.1 Å². The Kier molecular flexibility index (Phi) is 7.38. The fourth-order valence-corrected chi connectivity index (χ4v) is 2.77. The van der Waals surface area contributed by atoms with Gasteiger partial charge in [0.05, 0.1) is 0 Å². The van der Waals surface area contributed by atoms with Crippen molar-refractivity contribution in [2.45, 2.75) is 65.2 Å². The summed E-state index contributed by atoms with van der Waals surface area (Å²) < 4.78 is 5.33. The third kappa shape index (κ3) is 5.94. The molecule has 0 unspecified atom stereocenters. The topological polar surface area (TPSA) is 85.2 Å². The van der Waals surface area contributed by atoms with Crippen LogP contribution in [0.25, 0.3) is 0 Å². The highest BCUT2D eigenvalue weighted by Crippen LogP contribution is 2.22. The highest BCUT2D eigenvalue weighted by atomic mass is 16.5. The maximum absolute atomic E-state index is 12.7. The van der Waals surface area contributed by atoms with E-state index in [0.29, 0.717) is 30.1 Å². The number of aromatic nitrogens is 2. The van der Waals surface area contributed by atoms with Gasteiger partial charge in [-0.2, -0.15) is 4.98 Å². The Morgan fingerprint density at radius 3 is 2.61 bits per heavy atom. The lowest BCUT2D eigenvalue weighted by Crippen LogP contribution is -2.32. The first-order valence-electron chi connectivity index (χ1n) is 9.90. The summed E-state index contributed by atoms with van der Waals surface area (Å²) in [5, 5.41) is 4.06. The number of hydrogen-bond donors (Lipinski definition) is 1. The quantitative estimate of drug-likeness (QED) is 0.386. The van der Waals surface area contributed by atoms with Gasteiger partial charge in [0.1, 0.15) is 0 Å². The minimum Gasteiger partial charge on any atom is -0.399 e. The Morgan fingerprint density at radius 1 is 1.25 bits per heavy atom. The molecule has 0 aliphatic rings. The summed E-state index contributed by atoms with van der Waals surface area (Å²) in [5.41, 5.74) is 7.82. The Hall–Kier alpha value is -2.63. The summed E-state index contributed by atoms with van der Waals surface area (Å²) in [7, 11) is 0. The normalized spacial score (nSPS) is 11.4. The standard InChI is InChI=1S/C22H32N4O2/c1-6-16(2)20(27)26(18-12-10-11-17(23)15-18)14-9-7-8-13-19-24-21(28-25-19)22(3,4)5/h10-12,15H,2,6-9,13-14,23H2,1,3-5H3. The van der Waals surface area contributed by atoms with Gasteiger partial charge in [0.15, 0.2) is 5.82 Å². The molecule has 0 fully saturated rings. The maximum Gasteiger partial charge on any atom is 0.253 e. The molecular formula is C22H32N4O2. The van der Waals surface area contributed by atoms with Gasteiger partial charge in [0, 0.05) is 35.3 Å². The third-order valence-corrected chi connectivity index (χ3v) is 4.55.